The molecular weight excluding hydrogens is 513 g/mol. The molecular formula is C17H28IN5OS3. The zero-order valence-electron chi connectivity index (χ0n) is 16.2. The largest absolute Gasteiger partial charge is 0.375 e. The highest BCUT2D eigenvalue weighted by Gasteiger charge is 2.12. The molecule has 0 bridgehead atoms. The van der Waals surface area contributed by atoms with E-state index >= 15 is 0 Å². The Morgan fingerprint density at radius 2 is 2.26 bits per heavy atom. The lowest BCUT2D eigenvalue weighted by molar-refractivity contribution is 0.119. The van der Waals surface area contributed by atoms with Crippen LogP contribution in [-0.4, -0.2) is 53.8 Å². The number of methoxy groups -OCH3 is 1. The maximum absolute atomic E-state index is 5.34. The Hall–Kier alpha value is -0.430. The maximum Gasteiger partial charge on any atom is 0.194 e. The van der Waals surface area contributed by atoms with Gasteiger partial charge in [-0.2, -0.15) is 0 Å². The van der Waals surface area contributed by atoms with Crippen LogP contribution < -0.4 is 5.32 Å². The molecule has 2 aromatic rings. The molecule has 0 saturated heterocycles. The van der Waals surface area contributed by atoms with Crippen molar-refractivity contribution in [3.63, 3.8) is 0 Å². The second-order valence-corrected chi connectivity index (χ2v) is 8.77. The average Bonchev–Trinajstić information content (AvgIpc) is 3.31. The normalized spacial score (nSPS) is 12.5. The van der Waals surface area contributed by atoms with Crippen molar-refractivity contribution < 1.29 is 4.74 Å². The number of thiazole rings is 2. The van der Waals surface area contributed by atoms with Gasteiger partial charge in [0.2, 0.25) is 0 Å². The van der Waals surface area contributed by atoms with E-state index in [0.29, 0.717) is 0 Å². The highest BCUT2D eigenvalue weighted by molar-refractivity contribution is 14.0. The zero-order chi connectivity index (χ0) is 18.8. The van der Waals surface area contributed by atoms with Gasteiger partial charge in [-0.1, -0.05) is 11.8 Å². The number of halogens is 1. The van der Waals surface area contributed by atoms with Crippen LogP contribution >= 0.6 is 58.4 Å². The fourth-order valence-electron chi connectivity index (χ4n) is 2.16. The highest BCUT2D eigenvalue weighted by atomic mass is 127. The zero-order valence-corrected chi connectivity index (χ0v) is 21.0. The van der Waals surface area contributed by atoms with Gasteiger partial charge in [0.05, 0.1) is 12.2 Å². The van der Waals surface area contributed by atoms with Gasteiger partial charge in [0.1, 0.15) is 15.5 Å². The molecule has 2 rings (SSSR count). The quantitative estimate of drug-likeness (QED) is 0.157. The molecule has 152 valence electrons. The Kier molecular flexibility index (Phi) is 12.5. The number of guanidine groups is 1. The summed E-state index contributed by atoms with van der Waals surface area (Å²) in [5.74, 6) is 1.95. The van der Waals surface area contributed by atoms with E-state index in [1.807, 2.05) is 25.5 Å². The average molecular weight is 542 g/mol. The van der Waals surface area contributed by atoms with Crippen molar-refractivity contribution in [1.29, 1.82) is 0 Å². The minimum Gasteiger partial charge on any atom is -0.375 e. The molecule has 2 heterocycles. The topological polar surface area (TPSA) is 62.6 Å². The molecule has 0 saturated carbocycles. The van der Waals surface area contributed by atoms with Crippen LogP contribution in [0.3, 0.4) is 0 Å². The molecule has 0 radical (unpaired) electrons. The van der Waals surface area contributed by atoms with Gasteiger partial charge in [-0.3, -0.25) is 4.99 Å². The fourth-order valence-corrected chi connectivity index (χ4v) is 4.63. The summed E-state index contributed by atoms with van der Waals surface area (Å²) in [6, 6.07) is 0. The molecule has 0 fully saturated rings. The van der Waals surface area contributed by atoms with Gasteiger partial charge in [-0.25, -0.2) is 9.97 Å². The van der Waals surface area contributed by atoms with Crippen LogP contribution in [0.15, 0.2) is 26.3 Å². The molecule has 1 atom stereocenters. The Bertz CT molecular complexity index is 665. The van der Waals surface area contributed by atoms with Crippen LogP contribution in [0.1, 0.15) is 37.1 Å². The van der Waals surface area contributed by atoms with E-state index in [4.69, 9.17) is 9.73 Å². The van der Waals surface area contributed by atoms with E-state index in [1.54, 1.807) is 41.5 Å². The van der Waals surface area contributed by atoms with E-state index in [-0.39, 0.29) is 30.1 Å². The summed E-state index contributed by atoms with van der Waals surface area (Å²) in [5, 5.41) is 8.47. The summed E-state index contributed by atoms with van der Waals surface area (Å²) in [4.78, 5) is 15.8. The van der Waals surface area contributed by atoms with E-state index in [9.17, 15) is 0 Å². The van der Waals surface area contributed by atoms with Crippen molar-refractivity contribution in [2.24, 2.45) is 4.99 Å². The third-order valence-corrected chi connectivity index (χ3v) is 6.67. The third-order valence-electron chi connectivity index (χ3n) is 3.57. The molecule has 10 heteroatoms. The SMILES string of the molecule is CCNC(=NCCCSc1nccs1)N(C)Cc1csc(C(C)OC)n1.I. The fraction of sp³-hybridized carbons (Fsp3) is 0.588. The van der Waals surface area contributed by atoms with E-state index in [2.05, 4.69) is 32.5 Å². The van der Waals surface area contributed by atoms with Crippen LogP contribution in [-0.2, 0) is 11.3 Å². The molecule has 1 N–H and O–H groups in total. The van der Waals surface area contributed by atoms with Gasteiger partial charge in [0.25, 0.3) is 0 Å². The Labute approximate surface area is 191 Å². The number of hydrogen-bond donors (Lipinski definition) is 1. The second-order valence-electron chi connectivity index (χ2n) is 5.65. The number of aromatic nitrogens is 2. The Morgan fingerprint density at radius 1 is 1.44 bits per heavy atom. The van der Waals surface area contributed by atoms with E-state index in [0.717, 1.165) is 52.8 Å². The van der Waals surface area contributed by atoms with Crippen LogP contribution in [0.5, 0.6) is 0 Å². The maximum atomic E-state index is 5.34. The van der Waals surface area contributed by atoms with Crippen molar-refractivity contribution in [3.8, 4) is 0 Å². The highest BCUT2D eigenvalue weighted by Crippen LogP contribution is 2.21. The number of thioether (sulfide) groups is 1. The third kappa shape index (κ3) is 8.63. The molecule has 6 nitrogen and oxygen atoms in total. The summed E-state index contributed by atoms with van der Waals surface area (Å²) in [6.07, 6.45) is 2.91. The van der Waals surface area contributed by atoms with Crippen molar-refractivity contribution in [2.45, 2.75) is 37.3 Å². The lowest BCUT2D eigenvalue weighted by Gasteiger charge is -2.21. The summed E-state index contributed by atoms with van der Waals surface area (Å²) in [7, 11) is 3.76. The smallest absolute Gasteiger partial charge is 0.194 e. The molecule has 0 amide bonds. The number of ether oxygens (including phenoxy) is 1. The van der Waals surface area contributed by atoms with Crippen LogP contribution in [0, 0.1) is 0 Å². The first-order valence-electron chi connectivity index (χ1n) is 8.62. The molecule has 0 spiro atoms. The first-order chi connectivity index (χ1) is 12.6. The number of rotatable bonds is 10. The molecule has 1 unspecified atom stereocenters. The lowest BCUT2D eigenvalue weighted by Crippen LogP contribution is -2.38. The number of nitrogens with one attached hydrogen (secondary N) is 1. The molecule has 0 aliphatic heterocycles. The number of hydrogen-bond acceptors (Lipinski definition) is 7. The van der Waals surface area contributed by atoms with E-state index < -0.39 is 0 Å². The van der Waals surface area contributed by atoms with Gasteiger partial charge in [0, 0.05) is 50.0 Å². The van der Waals surface area contributed by atoms with Gasteiger partial charge in [-0.05, 0) is 20.3 Å². The number of aliphatic imine (C=N–C) groups is 1. The summed E-state index contributed by atoms with van der Waals surface area (Å²) in [5.41, 5.74) is 1.04. The van der Waals surface area contributed by atoms with Gasteiger partial charge in [0.15, 0.2) is 5.96 Å². The van der Waals surface area contributed by atoms with Crippen molar-refractivity contribution in [3.05, 3.63) is 27.7 Å². The predicted molar refractivity (Wildman–Crippen MR) is 128 cm³/mol. The molecule has 2 aromatic heterocycles. The summed E-state index contributed by atoms with van der Waals surface area (Å²) >= 11 is 5.12. The van der Waals surface area contributed by atoms with Crippen molar-refractivity contribution in [1.82, 2.24) is 20.2 Å². The van der Waals surface area contributed by atoms with Crippen LogP contribution in [0.25, 0.3) is 0 Å². The monoisotopic (exact) mass is 541 g/mol. The Balaban J connectivity index is 0.00000364. The predicted octanol–water partition coefficient (Wildman–Crippen LogP) is 4.50. The molecule has 27 heavy (non-hydrogen) atoms. The van der Waals surface area contributed by atoms with Crippen LogP contribution in [0.4, 0.5) is 0 Å². The number of nitrogens with zero attached hydrogens (tertiary/aromatic N) is 4. The summed E-state index contributed by atoms with van der Waals surface area (Å²) in [6.45, 7) is 6.48. The minimum atomic E-state index is 0. The standard InChI is InChI=1S/C17H27N5OS3.HI/c1-5-18-16(19-7-6-9-24-17-20-8-10-25-17)22(3)11-14-12-26-15(21-14)13(2)23-4;/h8,10,12-13H,5-7,9,11H2,1-4H3,(H,18,19);1H. The Morgan fingerprint density at radius 3 is 2.93 bits per heavy atom. The molecule has 0 aliphatic carbocycles. The van der Waals surface area contributed by atoms with Crippen LogP contribution in [0.2, 0.25) is 0 Å². The van der Waals surface area contributed by atoms with Gasteiger partial charge < -0.3 is 15.0 Å². The first kappa shape index (κ1) is 24.6. The second kappa shape index (κ2) is 13.7. The summed E-state index contributed by atoms with van der Waals surface area (Å²) < 4.78 is 6.46. The first-order valence-corrected chi connectivity index (χ1v) is 11.4. The molecule has 0 aromatic carbocycles. The molecule has 0 aliphatic rings. The van der Waals surface area contributed by atoms with Crippen molar-refractivity contribution in [2.75, 3.05) is 33.0 Å². The van der Waals surface area contributed by atoms with Gasteiger partial charge in [-0.15, -0.1) is 46.7 Å². The van der Waals surface area contributed by atoms with E-state index in [1.165, 1.54) is 0 Å². The van der Waals surface area contributed by atoms with Crippen molar-refractivity contribution >= 4 is 64.4 Å². The van der Waals surface area contributed by atoms with Gasteiger partial charge >= 0.3 is 0 Å². The minimum absolute atomic E-state index is 0. The lowest BCUT2D eigenvalue weighted by atomic mass is 10.4.